The smallest absolute Gasteiger partial charge is 0.268 e. The quantitative estimate of drug-likeness (QED) is 0.489. The fourth-order valence-corrected chi connectivity index (χ4v) is 3.07. The molecule has 0 saturated heterocycles. The van der Waals surface area contributed by atoms with E-state index in [1.165, 1.54) is 14.2 Å². The van der Waals surface area contributed by atoms with E-state index in [0.717, 1.165) is 11.1 Å². The van der Waals surface area contributed by atoms with E-state index in [-0.39, 0.29) is 5.70 Å². The molecule has 3 aromatic carbocycles. The highest BCUT2D eigenvalue weighted by atomic mass is 16.5. The van der Waals surface area contributed by atoms with Crippen molar-refractivity contribution in [3.8, 4) is 17.2 Å². The molecule has 33 heavy (non-hydrogen) atoms. The summed E-state index contributed by atoms with van der Waals surface area (Å²) in [5.74, 6) is 0.744. The van der Waals surface area contributed by atoms with Gasteiger partial charge < -0.3 is 24.8 Å². The van der Waals surface area contributed by atoms with Crippen LogP contribution in [0.1, 0.15) is 21.5 Å². The van der Waals surface area contributed by atoms with Crippen molar-refractivity contribution < 1.29 is 23.8 Å². The van der Waals surface area contributed by atoms with Crippen LogP contribution in [-0.4, -0.2) is 33.1 Å². The number of ether oxygens (including phenoxy) is 3. The Kier molecular flexibility index (Phi) is 8.07. The zero-order valence-electron chi connectivity index (χ0n) is 18.8. The Balaban J connectivity index is 1.84. The molecule has 3 rings (SSSR count). The molecule has 0 aliphatic carbocycles. The Morgan fingerprint density at radius 2 is 1.52 bits per heavy atom. The minimum atomic E-state index is -0.453. The molecule has 7 nitrogen and oxygen atoms in total. The lowest BCUT2D eigenvalue weighted by Crippen LogP contribution is -2.34. The Hall–Kier alpha value is -4.26. The maximum Gasteiger partial charge on any atom is 0.268 e. The molecule has 0 heterocycles. The van der Waals surface area contributed by atoms with Gasteiger partial charge in [0.2, 0.25) is 0 Å². The zero-order chi connectivity index (χ0) is 23.6. The third kappa shape index (κ3) is 6.36. The molecule has 2 amide bonds. The first-order valence-electron chi connectivity index (χ1n) is 10.2. The number of nitrogens with one attached hydrogen (secondary N) is 2. The van der Waals surface area contributed by atoms with Gasteiger partial charge in [0, 0.05) is 12.1 Å². The van der Waals surface area contributed by atoms with Crippen LogP contribution >= 0.6 is 0 Å². The minimum Gasteiger partial charge on any atom is -0.497 e. The van der Waals surface area contributed by atoms with Crippen molar-refractivity contribution in [2.24, 2.45) is 0 Å². The van der Waals surface area contributed by atoms with Gasteiger partial charge in [-0.25, -0.2) is 0 Å². The van der Waals surface area contributed by atoms with Gasteiger partial charge in [-0.15, -0.1) is 0 Å². The van der Waals surface area contributed by atoms with Crippen molar-refractivity contribution in [3.63, 3.8) is 0 Å². The highest BCUT2D eigenvalue weighted by Gasteiger charge is 2.16. The Labute approximate surface area is 193 Å². The van der Waals surface area contributed by atoms with E-state index in [2.05, 4.69) is 10.6 Å². The highest BCUT2D eigenvalue weighted by molar-refractivity contribution is 6.05. The topological polar surface area (TPSA) is 85.9 Å². The van der Waals surface area contributed by atoms with Crippen molar-refractivity contribution in [2.45, 2.75) is 6.54 Å². The second kappa shape index (κ2) is 11.4. The fourth-order valence-electron chi connectivity index (χ4n) is 3.07. The SMILES string of the molecule is COc1ccc(/C=C(\NC(=O)c2ccc(OC)c(OC)c2)C(=O)NCc2ccccc2)cc1. The van der Waals surface area contributed by atoms with E-state index in [1.54, 1.807) is 55.7 Å². The normalized spacial score (nSPS) is 10.8. The van der Waals surface area contributed by atoms with Crippen LogP contribution in [0.4, 0.5) is 0 Å². The van der Waals surface area contributed by atoms with Gasteiger partial charge >= 0.3 is 0 Å². The lowest BCUT2D eigenvalue weighted by molar-refractivity contribution is -0.117. The number of hydrogen-bond acceptors (Lipinski definition) is 5. The summed E-state index contributed by atoms with van der Waals surface area (Å²) in [5.41, 5.74) is 2.11. The Morgan fingerprint density at radius 1 is 0.818 bits per heavy atom. The van der Waals surface area contributed by atoms with E-state index in [9.17, 15) is 9.59 Å². The standard InChI is InChI=1S/C26H26N2O5/c1-31-21-12-9-18(10-13-21)15-22(26(30)27-17-19-7-5-4-6-8-19)28-25(29)20-11-14-23(32-2)24(16-20)33-3/h4-16H,17H2,1-3H3,(H,27,30)(H,28,29)/b22-15-. The summed E-state index contributed by atoms with van der Waals surface area (Å²) in [4.78, 5) is 25.9. The predicted molar refractivity (Wildman–Crippen MR) is 126 cm³/mol. The number of hydrogen-bond donors (Lipinski definition) is 2. The van der Waals surface area contributed by atoms with Crippen molar-refractivity contribution >= 4 is 17.9 Å². The average Bonchev–Trinajstić information content (AvgIpc) is 2.87. The van der Waals surface area contributed by atoms with Crippen LogP contribution in [0.3, 0.4) is 0 Å². The number of rotatable bonds is 9. The predicted octanol–water partition coefficient (Wildman–Crippen LogP) is 3.80. The maximum absolute atomic E-state index is 13.0. The summed E-state index contributed by atoms with van der Waals surface area (Å²) >= 11 is 0. The summed E-state index contributed by atoms with van der Waals surface area (Å²) in [5, 5.41) is 5.57. The van der Waals surface area contributed by atoms with Gasteiger partial charge in [-0.1, -0.05) is 42.5 Å². The number of methoxy groups -OCH3 is 3. The van der Waals surface area contributed by atoms with Gasteiger partial charge in [0.1, 0.15) is 11.4 Å². The first kappa shape index (κ1) is 23.4. The molecule has 0 aromatic heterocycles. The van der Waals surface area contributed by atoms with Crippen molar-refractivity contribution in [1.29, 1.82) is 0 Å². The maximum atomic E-state index is 13.0. The van der Waals surface area contributed by atoms with Crippen molar-refractivity contribution in [3.05, 3.63) is 95.2 Å². The number of amides is 2. The van der Waals surface area contributed by atoms with Crippen LogP contribution in [0.5, 0.6) is 17.2 Å². The molecule has 0 bridgehead atoms. The lowest BCUT2D eigenvalue weighted by Gasteiger charge is -2.13. The summed E-state index contributed by atoms with van der Waals surface area (Å²) in [6.45, 7) is 0.325. The van der Waals surface area contributed by atoms with Crippen LogP contribution in [0.25, 0.3) is 6.08 Å². The van der Waals surface area contributed by atoms with Gasteiger partial charge in [-0.3, -0.25) is 9.59 Å². The third-order valence-corrected chi connectivity index (χ3v) is 4.86. The molecule has 0 saturated carbocycles. The molecule has 0 spiro atoms. The van der Waals surface area contributed by atoms with E-state index in [4.69, 9.17) is 14.2 Å². The molecule has 0 aliphatic rings. The van der Waals surface area contributed by atoms with Crippen LogP contribution in [-0.2, 0) is 11.3 Å². The van der Waals surface area contributed by atoms with Gasteiger partial charge in [-0.2, -0.15) is 0 Å². The van der Waals surface area contributed by atoms with Crippen LogP contribution in [0.2, 0.25) is 0 Å². The second-order valence-corrected chi connectivity index (χ2v) is 7.02. The lowest BCUT2D eigenvalue weighted by atomic mass is 10.1. The Bertz CT molecular complexity index is 1130. The number of carbonyl (C=O) groups excluding carboxylic acids is 2. The molecule has 0 radical (unpaired) electrons. The molecule has 0 atom stereocenters. The van der Waals surface area contributed by atoms with Gasteiger partial charge in [-0.05, 0) is 47.5 Å². The number of benzene rings is 3. The summed E-state index contributed by atoms with van der Waals surface area (Å²) in [7, 11) is 4.59. The molecule has 0 aliphatic heterocycles. The van der Waals surface area contributed by atoms with Crippen LogP contribution in [0, 0.1) is 0 Å². The summed E-state index contributed by atoms with van der Waals surface area (Å²) in [6.07, 6.45) is 1.61. The summed E-state index contributed by atoms with van der Waals surface area (Å²) < 4.78 is 15.7. The molecule has 0 fully saturated rings. The minimum absolute atomic E-state index is 0.107. The molecular weight excluding hydrogens is 420 g/mol. The molecule has 170 valence electrons. The molecule has 3 aromatic rings. The van der Waals surface area contributed by atoms with E-state index in [1.807, 2.05) is 30.3 Å². The van der Waals surface area contributed by atoms with E-state index < -0.39 is 11.8 Å². The first-order chi connectivity index (χ1) is 16.0. The Morgan fingerprint density at radius 3 is 2.15 bits per heavy atom. The third-order valence-electron chi connectivity index (χ3n) is 4.86. The molecule has 2 N–H and O–H groups in total. The van der Waals surface area contributed by atoms with Gasteiger partial charge in [0.15, 0.2) is 11.5 Å². The molecule has 7 heteroatoms. The van der Waals surface area contributed by atoms with Crippen molar-refractivity contribution in [1.82, 2.24) is 10.6 Å². The largest absolute Gasteiger partial charge is 0.497 e. The average molecular weight is 447 g/mol. The monoisotopic (exact) mass is 446 g/mol. The number of carbonyl (C=O) groups is 2. The first-order valence-corrected chi connectivity index (χ1v) is 10.2. The van der Waals surface area contributed by atoms with Gasteiger partial charge in [0.25, 0.3) is 11.8 Å². The van der Waals surface area contributed by atoms with Crippen LogP contribution < -0.4 is 24.8 Å². The van der Waals surface area contributed by atoms with E-state index >= 15 is 0 Å². The zero-order valence-corrected chi connectivity index (χ0v) is 18.8. The summed E-state index contributed by atoms with van der Waals surface area (Å²) in [6, 6.07) is 21.5. The molecular formula is C26H26N2O5. The van der Waals surface area contributed by atoms with Crippen molar-refractivity contribution in [2.75, 3.05) is 21.3 Å². The molecule has 0 unspecified atom stereocenters. The van der Waals surface area contributed by atoms with E-state index in [0.29, 0.717) is 29.4 Å². The fraction of sp³-hybridized carbons (Fsp3) is 0.154. The van der Waals surface area contributed by atoms with Gasteiger partial charge in [0.05, 0.1) is 21.3 Å². The second-order valence-electron chi connectivity index (χ2n) is 7.02. The van der Waals surface area contributed by atoms with Crippen LogP contribution in [0.15, 0.2) is 78.5 Å². The highest BCUT2D eigenvalue weighted by Crippen LogP contribution is 2.27.